The predicted molar refractivity (Wildman–Crippen MR) is 154 cm³/mol. The summed E-state index contributed by atoms with van der Waals surface area (Å²) >= 11 is 0. The number of piperidine rings is 1. The Morgan fingerprint density at radius 1 is 1.10 bits per heavy atom. The van der Waals surface area contributed by atoms with Gasteiger partial charge in [0.15, 0.2) is 0 Å². The van der Waals surface area contributed by atoms with Crippen LogP contribution in [-0.4, -0.2) is 54.8 Å². The van der Waals surface area contributed by atoms with Crippen molar-refractivity contribution in [1.82, 2.24) is 29.9 Å². The Morgan fingerprint density at radius 2 is 1.90 bits per heavy atom. The second kappa shape index (κ2) is 10.5. The van der Waals surface area contributed by atoms with E-state index < -0.39 is 0 Å². The van der Waals surface area contributed by atoms with Crippen LogP contribution in [0.5, 0.6) is 0 Å². The van der Waals surface area contributed by atoms with Crippen LogP contribution in [0, 0.1) is 0 Å². The molecule has 1 fully saturated rings. The third kappa shape index (κ3) is 4.60. The van der Waals surface area contributed by atoms with E-state index in [4.69, 9.17) is 10.8 Å². The molecule has 10 nitrogen and oxygen atoms in total. The first-order valence-electron chi connectivity index (χ1n) is 13.1. The Balaban J connectivity index is 1.44. The number of aromatic amines is 1. The average Bonchev–Trinajstić information content (AvgIpc) is 3.67. The highest BCUT2D eigenvalue weighted by atomic mass is 16.2. The van der Waals surface area contributed by atoms with Gasteiger partial charge < -0.3 is 16.0 Å². The van der Waals surface area contributed by atoms with E-state index in [-0.39, 0.29) is 17.9 Å². The number of likely N-dealkylation sites (tertiary alicyclic amines) is 1. The van der Waals surface area contributed by atoms with Crippen molar-refractivity contribution in [2.24, 2.45) is 0 Å². The van der Waals surface area contributed by atoms with Crippen molar-refractivity contribution >= 4 is 34.2 Å². The van der Waals surface area contributed by atoms with Gasteiger partial charge in [0.05, 0.1) is 22.6 Å². The quantitative estimate of drug-likeness (QED) is 0.272. The number of carbonyl (C=O) groups excluding carboxylic acids is 2. The molecule has 4 heterocycles. The third-order valence-electron chi connectivity index (χ3n) is 7.23. The Kier molecular flexibility index (Phi) is 6.57. The van der Waals surface area contributed by atoms with Gasteiger partial charge in [-0.2, -0.15) is 10.2 Å². The summed E-state index contributed by atoms with van der Waals surface area (Å²) in [7, 11) is 0. The lowest BCUT2D eigenvalue weighted by molar-refractivity contribution is -0.127. The number of nitrogens with two attached hydrogens (primary N) is 1. The van der Waals surface area contributed by atoms with Gasteiger partial charge in [0.2, 0.25) is 5.91 Å². The number of hydrogen-bond acceptors (Lipinski definition) is 6. The number of amides is 2. The maximum absolute atomic E-state index is 12.8. The zero-order valence-corrected chi connectivity index (χ0v) is 21.7. The van der Waals surface area contributed by atoms with Crippen LogP contribution in [0.1, 0.15) is 29.2 Å². The third-order valence-corrected chi connectivity index (χ3v) is 7.23. The highest BCUT2D eigenvalue weighted by molar-refractivity contribution is 6.07. The number of H-pyrrole nitrogens is 1. The fourth-order valence-corrected chi connectivity index (χ4v) is 5.25. The molecule has 40 heavy (non-hydrogen) atoms. The highest BCUT2D eigenvalue weighted by Gasteiger charge is 2.29. The summed E-state index contributed by atoms with van der Waals surface area (Å²) in [6.45, 7) is 4.83. The van der Waals surface area contributed by atoms with Crippen LogP contribution < -0.4 is 11.1 Å². The maximum atomic E-state index is 12.8. The largest absolute Gasteiger partial charge is 0.383 e. The summed E-state index contributed by atoms with van der Waals surface area (Å²) in [5, 5.41) is 15.8. The number of rotatable bonds is 6. The molecule has 0 radical (unpaired) electrons. The number of anilines is 2. The maximum Gasteiger partial charge on any atom is 0.255 e. The number of nitrogens with zero attached hydrogens (tertiary/aromatic N) is 5. The van der Waals surface area contributed by atoms with Crippen LogP contribution in [0.4, 0.5) is 11.5 Å². The SMILES string of the molecule is C=CC(=O)N1CCCC(n2nc(-c3ccc(C(=O)Nc4ccccc4)cc3)c3c(N)ncc(-c4ccn[nH]4)c32)C1. The number of aromatic nitrogens is 5. The van der Waals surface area contributed by atoms with Crippen molar-refractivity contribution in [2.45, 2.75) is 18.9 Å². The number of carbonyl (C=O) groups is 2. The summed E-state index contributed by atoms with van der Waals surface area (Å²) < 4.78 is 1.97. The van der Waals surface area contributed by atoms with Crippen LogP contribution in [-0.2, 0) is 4.79 Å². The van der Waals surface area contributed by atoms with Crippen molar-refractivity contribution in [2.75, 3.05) is 24.1 Å². The van der Waals surface area contributed by atoms with Crippen molar-refractivity contribution in [1.29, 1.82) is 0 Å². The number of pyridine rings is 1. The molecule has 0 bridgehead atoms. The number of benzene rings is 2. The molecule has 200 valence electrons. The zero-order valence-electron chi connectivity index (χ0n) is 21.7. The van der Waals surface area contributed by atoms with Crippen LogP contribution in [0.2, 0.25) is 0 Å². The van der Waals surface area contributed by atoms with Gasteiger partial charge in [-0.3, -0.25) is 19.4 Å². The molecule has 1 unspecified atom stereocenters. The van der Waals surface area contributed by atoms with E-state index in [9.17, 15) is 9.59 Å². The molecule has 1 saturated heterocycles. The zero-order chi connectivity index (χ0) is 27.6. The molecule has 10 heteroatoms. The van der Waals surface area contributed by atoms with Crippen LogP contribution in [0.25, 0.3) is 33.4 Å². The molecular weight excluding hydrogens is 504 g/mol. The predicted octanol–water partition coefficient (Wildman–Crippen LogP) is 4.67. The lowest BCUT2D eigenvalue weighted by Gasteiger charge is -2.32. The molecule has 1 aliphatic rings. The van der Waals surface area contributed by atoms with Crippen molar-refractivity contribution in [3.63, 3.8) is 0 Å². The molecule has 0 aliphatic carbocycles. The fraction of sp³-hybridized carbons (Fsp3) is 0.167. The lowest BCUT2D eigenvalue weighted by atomic mass is 10.0. The number of nitrogens with one attached hydrogen (secondary N) is 2. The Bertz CT molecular complexity index is 1690. The molecule has 2 amide bonds. The first-order valence-corrected chi connectivity index (χ1v) is 13.1. The number of hydrogen-bond donors (Lipinski definition) is 3. The molecule has 5 aromatic rings. The van der Waals surface area contributed by atoms with Gasteiger partial charge in [0.1, 0.15) is 11.5 Å². The molecule has 1 atom stereocenters. The first-order chi connectivity index (χ1) is 19.5. The minimum atomic E-state index is -0.204. The van der Waals surface area contributed by atoms with Gasteiger partial charge in [-0.1, -0.05) is 36.9 Å². The van der Waals surface area contributed by atoms with E-state index in [1.807, 2.05) is 53.2 Å². The van der Waals surface area contributed by atoms with Gasteiger partial charge in [0.25, 0.3) is 5.91 Å². The monoisotopic (exact) mass is 532 g/mol. The standard InChI is InChI=1S/C30H28N8O2/c1-2-25(39)37-16-6-9-22(18-37)38-28-23(24-14-15-33-35-24)17-32-29(31)26(28)27(36-38)19-10-12-20(13-11-19)30(40)34-21-7-4-3-5-8-21/h2-5,7-8,10-15,17,22H,1,6,9,16,18H2,(H2,31,32)(H,33,35)(H,34,40). The first kappa shape index (κ1) is 25.1. The van der Waals surface area contributed by atoms with Gasteiger partial charge in [-0.05, 0) is 49.2 Å². The molecule has 0 spiro atoms. The Hall–Kier alpha value is -5.25. The molecule has 0 saturated carbocycles. The highest BCUT2D eigenvalue weighted by Crippen LogP contribution is 2.39. The van der Waals surface area contributed by atoms with E-state index in [1.165, 1.54) is 6.08 Å². The Labute approximate surface area is 230 Å². The van der Waals surface area contributed by atoms with Gasteiger partial charge in [0, 0.05) is 47.9 Å². The molecule has 6 rings (SSSR count). The van der Waals surface area contributed by atoms with Crippen molar-refractivity contribution in [3.8, 4) is 22.5 Å². The van der Waals surface area contributed by atoms with E-state index in [1.54, 1.807) is 29.4 Å². The molecule has 1 aliphatic heterocycles. The van der Waals surface area contributed by atoms with Crippen LogP contribution in [0.3, 0.4) is 0 Å². The second-order valence-corrected chi connectivity index (χ2v) is 9.73. The topological polar surface area (TPSA) is 135 Å². The summed E-state index contributed by atoms with van der Waals surface area (Å²) in [5.41, 5.74) is 11.6. The number of nitrogen functional groups attached to an aromatic ring is 1. The minimum absolute atomic E-state index is 0.0757. The molecular formula is C30H28N8O2. The van der Waals surface area contributed by atoms with E-state index in [0.717, 1.165) is 40.9 Å². The Morgan fingerprint density at radius 3 is 2.62 bits per heavy atom. The van der Waals surface area contributed by atoms with E-state index >= 15 is 0 Å². The average molecular weight is 533 g/mol. The fourth-order valence-electron chi connectivity index (χ4n) is 5.25. The van der Waals surface area contributed by atoms with Crippen molar-refractivity contribution in [3.05, 3.63) is 91.3 Å². The summed E-state index contributed by atoms with van der Waals surface area (Å²) in [4.78, 5) is 31.6. The van der Waals surface area contributed by atoms with Gasteiger partial charge >= 0.3 is 0 Å². The van der Waals surface area contributed by atoms with E-state index in [0.29, 0.717) is 35.6 Å². The number of fused-ring (bicyclic) bond motifs is 1. The summed E-state index contributed by atoms with van der Waals surface area (Å²) in [6, 6.07) is 18.4. The van der Waals surface area contributed by atoms with Crippen molar-refractivity contribution < 1.29 is 9.59 Å². The second-order valence-electron chi connectivity index (χ2n) is 9.73. The molecule has 4 N–H and O–H groups in total. The summed E-state index contributed by atoms with van der Waals surface area (Å²) in [5.74, 6) is 0.0472. The van der Waals surface area contributed by atoms with Crippen LogP contribution >= 0.6 is 0 Å². The van der Waals surface area contributed by atoms with Gasteiger partial charge in [-0.15, -0.1) is 0 Å². The normalized spacial score (nSPS) is 15.2. The lowest BCUT2D eigenvalue weighted by Crippen LogP contribution is -2.40. The minimum Gasteiger partial charge on any atom is -0.383 e. The van der Waals surface area contributed by atoms with Gasteiger partial charge in [-0.25, -0.2) is 4.98 Å². The molecule has 3 aromatic heterocycles. The summed E-state index contributed by atoms with van der Waals surface area (Å²) in [6.07, 6.45) is 6.44. The smallest absolute Gasteiger partial charge is 0.255 e. The van der Waals surface area contributed by atoms with E-state index in [2.05, 4.69) is 27.1 Å². The van der Waals surface area contributed by atoms with Crippen LogP contribution in [0.15, 0.2) is 85.7 Å². The number of para-hydroxylation sites is 1. The molecule has 2 aromatic carbocycles.